The van der Waals surface area contributed by atoms with Crippen molar-refractivity contribution >= 4 is 11.6 Å². The van der Waals surface area contributed by atoms with Crippen molar-refractivity contribution in [1.82, 2.24) is 9.38 Å². The molecule has 84 valence electrons. The summed E-state index contributed by atoms with van der Waals surface area (Å²) in [7, 11) is 0. The van der Waals surface area contributed by atoms with Crippen LogP contribution >= 0.6 is 0 Å². The minimum atomic E-state index is -0.377. The van der Waals surface area contributed by atoms with Gasteiger partial charge in [0.15, 0.2) is 5.69 Å². The molecular formula is C12H14N2O2. The Kier molecular flexibility index (Phi) is 2.64. The van der Waals surface area contributed by atoms with Crippen LogP contribution in [0.15, 0.2) is 24.4 Å². The van der Waals surface area contributed by atoms with E-state index in [1.165, 1.54) is 0 Å². The highest BCUT2D eigenvalue weighted by Gasteiger charge is 2.13. The molecule has 2 aromatic rings. The van der Waals surface area contributed by atoms with Crippen LogP contribution in [0.2, 0.25) is 0 Å². The van der Waals surface area contributed by atoms with E-state index < -0.39 is 0 Å². The summed E-state index contributed by atoms with van der Waals surface area (Å²) in [5, 5.41) is 0. The first-order valence-corrected chi connectivity index (χ1v) is 5.23. The molecule has 16 heavy (non-hydrogen) atoms. The molecule has 0 spiro atoms. The van der Waals surface area contributed by atoms with E-state index in [4.69, 9.17) is 4.74 Å². The molecule has 2 aromatic heterocycles. The van der Waals surface area contributed by atoms with E-state index in [0.29, 0.717) is 5.69 Å². The molecule has 2 heterocycles. The van der Waals surface area contributed by atoms with E-state index in [1.807, 2.05) is 43.4 Å². The highest BCUT2D eigenvalue weighted by atomic mass is 16.5. The minimum Gasteiger partial charge on any atom is -0.458 e. The summed E-state index contributed by atoms with van der Waals surface area (Å²) in [5.74, 6) is -0.377. The zero-order chi connectivity index (χ0) is 11.7. The standard InChI is InChI=1S/C12H14N2O2/c1-8(2)16-12(15)10-7-14-9(3)5-4-6-11(14)13-10/h4-8H,1-3H3. The molecule has 0 aromatic carbocycles. The molecule has 0 aliphatic carbocycles. The number of aromatic nitrogens is 2. The van der Waals surface area contributed by atoms with Crippen LogP contribution in [0.1, 0.15) is 30.0 Å². The Balaban J connectivity index is 2.40. The van der Waals surface area contributed by atoms with Crippen LogP contribution in [0.4, 0.5) is 0 Å². The van der Waals surface area contributed by atoms with Gasteiger partial charge in [-0.05, 0) is 32.9 Å². The van der Waals surface area contributed by atoms with E-state index in [1.54, 1.807) is 6.20 Å². The maximum Gasteiger partial charge on any atom is 0.358 e. The highest BCUT2D eigenvalue weighted by Crippen LogP contribution is 2.09. The number of esters is 1. The van der Waals surface area contributed by atoms with E-state index in [2.05, 4.69) is 4.98 Å². The number of hydrogen-bond donors (Lipinski definition) is 0. The van der Waals surface area contributed by atoms with E-state index in [0.717, 1.165) is 11.3 Å². The van der Waals surface area contributed by atoms with Gasteiger partial charge in [0.25, 0.3) is 0 Å². The molecular weight excluding hydrogens is 204 g/mol. The first-order valence-electron chi connectivity index (χ1n) is 5.23. The van der Waals surface area contributed by atoms with Crippen molar-refractivity contribution in [3.8, 4) is 0 Å². The molecule has 4 nitrogen and oxygen atoms in total. The van der Waals surface area contributed by atoms with Crippen molar-refractivity contribution in [1.29, 1.82) is 0 Å². The number of hydrogen-bond acceptors (Lipinski definition) is 3. The lowest BCUT2D eigenvalue weighted by Gasteiger charge is -2.04. The number of carbonyl (C=O) groups is 1. The summed E-state index contributed by atoms with van der Waals surface area (Å²) in [6.45, 7) is 5.60. The Labute approximate surface area is 93.9 Å². The van der Waals surface area contributed by atoms with Gasteiger partial charge in [-0.25, -0.2) is 9.78 Å². The number of ether oxygens (including phenoxy) is 1. The number of fused-ring (bicyclic) bond motifs is 1. The van der Waals surface area contributed by atoms with Crippen LogP contribution < -0.4 is 0 Å². The molecule has 0 saturated carbocycles. The minimum absolute atomic E-state index is 0.126. The molecule has 0 aliphatic heterocycles. The monoisotopic (exact) mass is 218 g/mol. The molecule has 0 radical (unpaired) electrons. The SMILES string of the molecule is Cc1cccc2nc(C(=O)OC(C)C)cn12. The third-order valence-electron chi connectivity index (χ3n) is 2.25. The average Bonchev–Trinajstić information content (AvgIpc) is 2.61. The Hall–Kier alpha value is -1.84. The van der Waals surface area contributed by atoms with Gasteiger partial charge in [0.05, 0.1) is 6.10 Å². The molecule has 4 heteroatoms. The van der Waals surface area contributed by atoms with Gasteiger partial charge in [-0.1, -0.05) is 6.07 Å². The predicted octanol–water partition coefficient (Wildman–Crippen LogP) is 2.21. The van der Waals surface area contributed by atoms with Gasteiger partial charge in [0.2, 0.25) is 0 Å². The Morgan fingerprint density at radius 1 is 1.44 bits per heavy atom. The van der Waals surface area contributed by atoms with Gasteiger partial charge in [0, 0.05) is 11.9 Å². The Morgan fingerprint density at radius 2 is 2.19 bits per heavy atom. The summed E-state index contributed by atoms with van der Waals surface area (Å²) < 4.78 is 6.96. The van der Waals surface area contributed by atoms with Gasteiger partial charge in [-0.2, -0.15) is 0 Å². The number of nitrogens with zero attached hydrogens (tertiary/aromatic N) is 2. The smallest absolute Gasteiger partial charge is 0.358 e. The van der Waals surface area contributed by atoms with E-state index in [-0.39, 0.29) is 12.1 Å². The maximum absolute atomic E-state index is 11.6. The molecule has 0 saturated heterocycles. The summed E-state index contributed by atoms with van der Waals surface area (Å²) >= 11 is 0. The molecule has 0 atom stereocenters. The van der Waals surface area contributed by atoms with Gasteiger partial charge < -0.3 is 9.14 Å². The van der Waals surface area contributed by atoms with Gasteiger partial charge in [-0.3, -0.25) is 0 Å². The Morgan fingerprint density at radius 3 is 2.81 bits per heavy atom. The number of carbonyl (C=O) groups excluding carboxylic acids is 1. The van der Waals surface area contributed by atoms with Crippen LogP contribution in [0.3, 0.4) is 0 Å². The molecule has 0 amide bonds. The van der Waals surface area contributed by atoms with E-state index in [9.17, 15) is 4.79 Å². The molecule has 0 unspecified atom stereocenters. The number of aryl methyl sites for hydroxylation is 1. The molecule has 0 aliphatic rings. The fourth-order valence-corrected chi connectivity index (χ4v) is 1.52. The summed E-state index contributed by atoms with van der Waals surface area (Å²) in [6, 6.07) is 5.74. The van der Waals surface area contributed by atoms with Crippen LogP contribution in [-0.4, -0.2) is 21.5 Å². The van der Waals surface area contributed by atoms with Gasteiger partial charge in [0.1, 0.15) is 5.65 Å². The fraction of sp³-hybridized carbons (Fsp3) is 0.333. The van der Waals surface area contributed by atoms with Crippen LogP contribution in [0.5, 0.6) is 0 Å². The molecule has 2 rings (SSSR count). The second-order valence-corrected chi connectivity index (χ2v) is 3.98. The maximum atomic E-state index is 11.6. The summed E-state index contributed by atoms with van der Waals surface area (Å²) in [6.07, 6.45) is 1.58. The van der Waals surface area contributed by atoms with Crippen molar-refractivity contribution in [3.63, 3.8) is 0 Å². The third kappa shape index (κ3) is 1.91. The van der Waals surface area contributed by atoms with Crippen LogP contribution in [-0.2, 0) is 4.74 Å². The van der Waals surface area contributed by atoms with Gasteiger partial charge >= 0.3 is 5.97 Å². The largest absolute Gasteiger partial charge is 0.458 e. The lowest BCUT2D eigenvalue weighted by Crippen LogP contribution is -2.11. The van der Waals surface area contributed by atoms with E-state index >= 15 is 0 Å². The number of pyridine rings is 1. The second kappa shape index (κ2) is 3.96. The van der Waals surface area contributed by atoms with Crippen molar-refractivity contribution in [3.05, 3.63) is 35.8 Å². The quantitative estimate of drug-likeness (QED) is 0.726. The zero-order valence-corrected chi connectivity index (χ0v) is 9.60. The predicted molar refractivity (Wildman–Crippen MR) is 60.5 cm³/mol. The van der Waals surface area contributed by atoms with Gasteiger partial charge in [-0.15, -0.1) is 0 Å². The summed E-state index contributed by atoms with van der Waals surface area (Å²) in [4.78, 5) is 15.9. The first-order chi connectivity index (χ1) is 7.58. The van der Waals surface area contributed by atoms with Crippen molar-refractivity contribution in [2.75, 3.05) is 0 Å². The second-order valence-electron chi connectivity index (χ2n) is 3.98. The molecule has 0 fully saturated rings. The Bertz CT molecular complexity index is 529. The zero-order valence-electron chi connectivity index (χ0n) is 9.60. The average molecular weight is 218 g/mol. The lowest BCUT2D eigenvalue weighted by molar-refractivity contribution is 0.0371. The van der Waals surface area contributed by atoms with Crippen molar-refractivity contribution in [2.24, 2.45) is 0 Å². The molecule has 0 N–H and O–H groups in total. The normalized spacial score (nSPS) is 11.0. The molecule has 0 bridgehead atoms. The highest BCUT2D eigenvalue weighted by molar-refractivity contribution is 5.88. The van der Waals surface area contributed by atoms with Crippen molar-refractivity contribution < 1.29 is 9.53 Å². The topological polar surface area (TPSA) is 43.6 Å². The van der Waals surface area contributed by atoms with Crippen LogP contribution in [0, 0.1) is 6.92 Å². The summed E-state index contributed by atoms with van der Waals surface area (Å²) in [5.41, 5.74) is 2.15. The third-order valence-corrected chi connectivity index (χ3v) is 2.25. The first kappa shape index (κ1) is 10.7. The van der Waals surface area contributed by atoms with Crippen LogP contribution in [0.25, 0.3) is 5.65 Å². The fourth-order valence-electron chi connectivity index (χ4n) is 1.52. The van der Waals surface area contributed by atoms with Crippen molar-refractivity contribution in [2.45, 2.75) is 26.9 Å². The lowest BCUT2D eigenvalue weighted by atomic mass is 10.4. The number of rotatable bonds is 2. The number of imidazole rings is 1.